The van der Waals surface area contributed by atoms with Gasteiger partial charge < -0.3 is 19.6 Å². The third-order valence-electron chi connectivity index (χ3n) is 5.81. The average molecular weight is 414 g/mol. The number of hydrogen-bond acceptors (Lipinski definition) is 3. The second-order valence-corrected chi connectivity index (χ2v) is 7.72. The fraction of sp³-hybridized carbons (Fsp3) is 0.348. The van der Waals surface area contributed by atoms with E-state index >= 15 is 0 Å². The van der Waals surface area contributed by atoms with Crippen molar-refractivity contribution in [3.63, 3.8) is 0 Å². The van der Waals surface area contributed by atoms with Crippen molar-refractivity contribution in [3.05, 3.63) is 71.3 Å². The van der Waals surface area contributed by atoms with Gasteiger partial charge in [-0.3, -0.25) is 0 Å². The molecule has 30 heavy (non-hydrogen) atoms. The summed E-state index contributed by atoms with van der Waals surface area (Å²) in [5.74, 6) is -0.994. The third kappa shape index (κ3) is 4.03. The Kier molecular flexibility index (Phi) is 5.72. The molecule has 1 atom stereocenters. The molecule has 5 nitrogen and oxygen atoms in total. The van der Waals surface area contributed by atoms with Crippen molar-refractivity contribution in [1.29, 1.82) is 0 Å². The van der Waals surface area contributed by atoms with E-state index in [2.05, 4.69) is 0 Å². The van der Waals surface area contributed by atoms with Gasteiger partial charge in [-0.25, -0.2) is 13.6 Å². The molecule has 0 spiro atoms. The van der Waals surface area contributed by atoms with E-state index in [1.54, 1.807) is 47.2 Å². The minimum Gasteiger partial charge on any atom is -0.508 e. The van der Waals surface area contributed by atoms with Gasteiger partial charge in [-0.1, -0.05) is 18.2 Å². The van der Waals surface area contributed by atoms with Crippen molar-refractivity contribution < 1.29 is 23.4 Å². The number of phenolic OH excluding ortho intramolecular Hbond substituents is 1. The maximum Gasteiger partial charge on any atom is 0.321 e. The molecule has 2 aliphatic rings. The summed E-state index contributed by atoms with van der Waals surface area (Å²) in [6, 6.07) is 9.32. The monoisotopic (exact) mass is 414 g/mol. The minimum atomic E-state index is -0.538. The normalized spacial score (nSPS) is 19.6. The SMILES string of the molecule is CN(C(=O)N1CC(c2cc(F)ccc2F)=C[C@H]1c1cccc(O)c1)C1CCOCC1. The molecule has 0 bridgehead atoms. The number of carbonyl (C=O) groups is 1. The van der Waals surface area contributed by atoms with Crippen LogP contribution in [0.15, 0.2) is 48.5 Å². The first-order valence-electron chi connectivity index (χ1n) is 10.0. The average Bonchev–Trinajstić information content (AvgIpc) is 3.20. The Morgan fingerprint density at radius 3 is 2.67 bits per heavy atom. The van der Waals surface area contributed by atoms with Crippen LogP contribution in [-0.2, 0) is 4.74 Å². The molecule has 0 aromatic heterocycles. The Balaban J connectivity index is 1.68. The summed E-state index contributed by atoms with van der Waals surface area (Å²) in [7, 11) is 1.76. The van der Waals surface area contributed by atoms with Crippen molar-refractivity contribution in [1.82, 2.24) is 9.80 Å². The van der Waals surface area contributed by atoms with Crippen LogP contribution in [-0.4, -0.2) is 53.8 Å². The second-order valence-electron chi connectivity index (χ2n) is 7.72. The van der Waals surface area contributed by atoms with Crippen molar-refractivity contribution in [2.24, 2.45) is 0 Å². The van der Waals surface area contributed by atoms with Gasteiger partial charge in [0.15, 0.2) is 0 Å². The number of benzene rings is 2. The van der Waals surface area contributed by atoms with Crippen LogP contribution in [0.5, 0.6) is 5.75 Å². The second kappa shape index (κ2) is 8.44. The van der Waals surface area contributed by atoms with Gasteiger partial charge in [0.25, 0.3) is 0 Å². The Morgan fingerprint density at radius 2 is 1.93 bits per heavy atom. The number of carbonyl (C=O) groups excluding carboxylic acids is 1. The van der Waals surface area contributed by atoms with E-state index in [1.165, 1.54) is 0 Å². The standard InChI is InChI=1S/C23H24F2N2O3/c1-26(18-7-9-30-10-8-18)23(29)27-14-16(20-13-17(24)5-6-21(20)25)12-22(27)15-3-2-4-19(28)11-15/h2-6,11-13,18,22,28H,7-10,14H2,1H3/t22-/m0/s1. The molecule has 4 rings (SSSR count). The van der Waals surface area contributed by atoms with Crippen LogP contribution in [0.25, 0.3) is 5.57 Å². The van der Waals surface area contributed by atoms with Crippen molar-refractivity contribution in [2.45, 2.75) is 24.9 Å². The first-order valence-corrected chi connectivity index (χ1v) is 10.0. The number of rotatable bonds is 3. The summed E-state index contributed by atoms with van der Waals surface area (Å²) < 4.78 is 33.6. The molecule has 0 radical (unpaired) electrons. The summed E-state index contributed by atoms with van der Waals surface area (Å²) >= 11 is 0. The van der Waals surface area contributed by atoms with Gasteiger partial charge in [-0.05, 0) is 54.3 Å². The quantitative estimate of drug-likeness (QED) is 0.813. The van der Waals surface area contributed by atoms with Crippen LogP contribution in [0.1, 0.15) is 30.0 Å². The fourth-order valence-corrected chi connectivity index (χ4v) is 4.14. The summed E-state index contributed by atoms with van der Waals surface area (Å²) in [5, 5.41) is 9.92. The van der Waals surface area contributed by atoms with Gasteiger partial charge in [0.1, 0.15) is 17.4 Å². The van der Waals surface area contributed by atoms with Crippen molar-refractivity contribution in [2.75, 3.05) is 26.8 Å². The lowest BCUT2D eigenvalue weighted by atomic mass is 10.0. The molecule has 2 heterocycles. The highest BCUT2D eigenvalue weighted by atomic mass is 19.1. The lowest BCUT2D eigenvalue weighted by molar-refractivity contribution is 0.0462. The van der Waals surface area contributed by atoms with E-state index < -0.39 is 17.7 Å². The highest BCUT2D eigenvalue weighted by Crippen LogP contribution is 2.37. The smallest absolute Gasteiger partial charge is 0.321 e. The Hall–Kier alpha value is -2.93. The van der Waals surface area contributed by atoms with Crippen LogP contribution in [0.2, 0.25) is 0 Å². The maximum atomic E-state index is 14.4. The predicted molar refractivity (Wildman–Crippen MR) is 109 cm³/mol. The number of phenols is 1. The summed E-state index contributed by atoms with van der Waals surface area (Å²) in [5.41, 5.74) is 1.38. The molecule has 2 aliphatic heterocycles. The minimum absolute atomic E-state index is 0.0611. The molecule has 1 fully saturated rings. The van der Waals surface area contributed by atoms with Crippen LogP contribution in [0, 0.1) is 11.6 Å². The lowest BCUT2D eigenvalue weighted by Gasteiger charge is -2.36. The lowest BCUT2D eigenvalue weighted by Crippen LogP contribution is -2.47. The molecule has 2 aromatic carbocycles. The number of hydrogen-bond donors (Lipinski definition) is 1. The number of ether oxygens (including phenoxy) is 1. The number of amides is 2. The van der Waals surface area contributed by atoms with E-state index in [-0.39, 0.29) is 29.9 Å². The molecule has 1 saturated heterocycles. The first kappa shape index (κ1) is 20.3. The summed E-state index contributed by atoms with van der Waals surface area (Å²) in [6.07, 6.45) is 3.28. The van der Waals surface area contributed by atoms with E-state index in [4.69, 9.17) is 4.74 Å². The highest BCUT2D eigenvalue weighted by Gasteiger charge is 2.35. The molecular formula is C23H24F2N2O3. The highest BCUT2D eigenvalue weighted by molar-refractivity contribution is 5.82. The molecule has 0 unspecified atom stereocenters. The topological polar surface area (TPSA) is 53.0 Å². The van der Waals surface area contributed by atoms with Gasteiger partial charge in [0.2, 0.25) is 0 Å². The molecular weight excluding hydrogens is 390 g/mol. The zero-order chi connectivity index (χ0) is 21.3. The van der Waals surface area contributed by atoms with Gasteiger partial charge in [0, 0.05) is 38.4 Å². The number of aromatic hydroxyl groups is 1. The zero-order valence-electron chi connectivity index (χ0n) is 16.7. The Bertz CT molecular complexity index is 973. The molecule has 158 valence electrons. The van der Waals surface area contributed by atoms with Gasteiger partial charge in [-0.15, -0.1) is 0 Å². The number of nitrogens with zero attached hydrogens (tertiary/aromatic N) is 2. The molecule has 0 aliphatic carbocycles. The van der Waals surface area contributed by atoms with Gasteiger partial charge >= 0.3 is 6.03 Å². The molecule has 7 heteroatoms. The van der Waals surface area contributed by atoms with Gasteiger partial charge in [-0.2, -0.15) is 0 Å². The molecule has 2 aromatic rings. The van der Waals surface area contributed by atoms with Crippen LogP contribution >= 0.6 is 0 Å². The maximum absolute atomic E-state index is 14.4. The van der Waals surface area contributed by atoms with Crippen molar-refractivity contribution >= 4 is 11.6 Å². The third-order valence-corrected chi connectivity index (χ3v) is 5.81. The van der Waals surface area contributed by atoms with Crippen LogP contribution in [0.3, 0.4) is 0 Å². The predicted octanol–water partition coefficient (Wildman–Crippen LogP) is 4.34. The Morgan fingerprint density at radius 1 is 1.17 bits per heavy atom. The molecule has 1 N–H and O–H groups in total. The Labute approximate surface area is 174 Å². The van der Waals surface area contributed by atoms with E-state index in [9.17, 15) is 18.7 Å². The fourth-order valence-electron chi connectivity index (χ4n) is 4.14. The number of urea groups is 1. The van der Waals surface area contributed by atoms with E-state index in [1.807, 2.05) is 0 Å². The van der Waals surface area contributed by atoms with Gasteiger partial charge in [0.05, 0.1) is 6.04 Å². The largest absolute Gasteiger partial charge is 0.508 e. The van der Waals surface area contributed by atoms with Crippen LogP contribution < -0.4 is 0 Å². The molecule has 2 amide bonds. The zero-order valence-corrected chi connectivity index (χ0v) is 16.7. The van der Waals surface area contributed by atoms with E-state index in [0.717, 1.165) is 31.0 Å². The summed E-state index contributed by atoms with van der Waals surface area (Å²) in [4.78, 5) is 16.7. The number of halogens is 2. The summed E-state index contributed by atoms with van der Waals surface area (Å²) in [6.45, 7) is 1.36. The first-order chi connectivity index (χ1) is 14.4. The molecule has 0 saturated carbocycles. The van der Waals surface area contributed by atoms with Crippen LogP contribution in [0.4, 0.5) is 13.6 Å². The van der Waals surface area contributed by atoms with Crippen molar-refractivity contribution in [3.8, 4) is 5.75 Å². The van der Waals surface area contributed by atoms with E-state index in [0.29, 0.717) is 24.4 Å².